The minimum Gasteiger partial charge on any atom is -0.372 e. The van der Waals surface area contributed by atoms with Crippen LogP contribution in [-0.2, 0) is 11.3 Å². The van der Waals surface area contributed by atoms with E-state index in [2.05, 4.69) is 6.92 Å². The number of rotatable bonds is 3. The second kappa shape index (κ2) is 6.17. The number of amides is 1. The van der Waals surface area contributed by atoms with Crippen LogP contribution >= 0.6 is 0 Å². The summed E-state index contributed by atoms with van der Waals surface area (Å²) in [5.41, 5.74) is 7.32. The third kappa shape index (κ3) is 3.33. The standard InChI is InChI=1S/C15H22N2O2/c1-3-14-10-17(9-11(2)19-14)15(18)13-6-4-12(8-16)5-7-13/h4-7,11,14H,3,8-10,16H2,1-2H3. The number of nitrogens with two attached hydrogens (primary N) is 1. The van der Waals surface area contributed by atoms with Crippen LogP contribution in [0.25, 0.3) is 0 Å². The molecule has 1 aliphatic rings. The topological polar surface area (TPSA) is 55.6 Å². The highest BCUT2D eigenvalue weighted by Crippen LogP contribution is 2.16. The molecule has 0 saturated carbocycles. The molecule has 1 aliphatic heterocycles. The molecule has 0 aliphatic carbocycles. The Kier molecular flexibility index (Phi) is 4.56. The highest BCUT2D eigenvalue weighted by atomic mass is 16.5. The van der Waals surface area contributed by atoms with Crippen molar-refractivity contribution in [3.05, 3.63) is 35.4 Å². The lowest BCUT2D eigenvalue weighted by Gasteiger charge is -2.36. The van der Waals surface area contributed by atoms with E-state index < -0.39 is 0 Å². The lowest BCUT2D eigenvalue weighted by Crippen LogP contribution is -2.48. The van der Waals surface area contributed by atoms with E-state index in [-0.39, 0.29) is 18.1 Å². The van der Waals surface area contributed by atoms with E-state index in [1.165, 1.54) is 0 Å². The molecule has 2 N–H and O–H groups in total. The summed E-state index contributed by atoms with van der Waals surface area (Å²) in [7, 11) is 0. The zero-order valence-electron chi connectivity index (χ0n) is 11.6. The van der Waals surface area contributed by atoms with Crippen LogP contribution in [0.1, 0.15) is 36.2 Å². The van der Waals surface area contributed by atoms with Gasteiger partial charge in [0.25, 0.3) is 5.91 Å². The molecule has 2 unspecified atom stereocenters. The van der Waals surface area contributed by atoms with Crippen LogP contribution in [0.15, 0.2) is 24.3 Å². The minimum absolute atomic E-state index is 0.0807. The summed E-state index contributed by atoms with van der Waals surface area (Å²) in [6.45, 7) is 5.94. The Morgan fingerprint density at radius 1 is 1.37 bits per heavy atom. The Bertz CT molecular complexity index is 430. The summed E-state index contributed by atoms with van der Waals surface area (Å²) < 4.78 is 5.78. The smallest absolute Gasteiger partial charge is 0.254 e. The Labute approximate surface area is 114 Å². The lowest BCUT2D eigenvalue weighted by molar-refractivity contribution is -0.0681. The number of carbonyl (C=O) groups excluding carboxylic acids is 1. The van der Waals surface area contributed by atoms with Gasteiger partial charge in [0.05, 0.1) is 12.2 Å². The van der Waals surface area contributed by atoms with Crippen LogP contribution in [0.3, 0.4) is 0 Å². The fraction of sp³-hybridized carbons (Fsp3) is 0.533. The van der Waals surface area contributed by atoms with Gasteiger partial charge in [-0.15, -0.1) is 0 Å². The molecular formula is C15H22N2O2. The maximum absolute atomic E-state index is 12.4. The normalized spacial score (nSPS) is 23.4. The molecule has 0 bridgehead atoms. The quantitative estimate of drug-likeness (QED) is 0.903. The molecule has 0 aromatic heterocycles. The van der Waals surface area contributed by atoms with E-state index in [0.717, 1.165) is 17.5 Å². The first kappa shape index (κ1) is 14.0. The number of carbonyl (C=O) groups is 1. The molecule has 0 spiro atoms. The number of hydrogen-bond acceptors (Lipinski definition) is 3. The molecule has 1 saturated heterocycles. The Balaban J connectivity index is 2.09. The van der Waals surface area contributed by atoms with Crippen molar-refractivity contribution in [2.24, 2.45) is 5.73 Å². The predicted octanol–water partition coefficient (Wildman–Crippen LogP) is 1.78. The molecule has 0 radical (unpaired) electrons. The molecule has 19 heavy (non-hydrogen) atoms. The lowest BCUT2D eigenvalue weighted by atomic mass is 10.1. The van der Waals surface area contributed by atoms with E-state index in [4.69, 9.17) is 10.5 Å². The average Bonchev–Trinajstić information content (AvgIpc) is 2.46. The van der Waals surface area contributed by atoms with Crippen molar-refractivity contribution in [1.29, 1.82) is 0 Å². The van der Waals surface area contributed by atoms with Crippen molar-refractivity contribution in [3.8, 4) is 0 Å². The van der Waals surface area contributed by atoms with Crippen molar-refractivity contribution < 1.29 is 9.53 Å². The van der Waals surface area contributed by atoms with E-state index in [1.54, 1.807) is 0 Å². The zero-order chi connectivity index (χ0) is 13.8. The van der Waals surface area contributed by atoms with Crippen LogP contribution in [0.5, 0.6) is 0 Å². The van der Waals surface area contributed by atoms with Gasteiger partial charge in [-0.2, -0.15) is 0 Å². The molecule has 1 aromatic carbocycles. The number of nitrogens with zero attached hydrogens (tertiary/aromatic N) is 1. The molecule has 2 rings (SSSR count). The summed E-state index contributed by atoms with van der Waals surface area (Å²) in [5, 5.41) is 0. The summed E-state index contributed by atoms with van der Waals surface area (Å²) in [5.74, 6) is 0.0807. The summed E-state index contributed by atoms with van der Waals surface area (Å²) >= 11 is 0. The molecule has 1 fully saturated rings. The highest BCUT2D eigenvalue weighted by Gasteiger charge is 2.27. The first-order valence-corrected chi connectivity index (χ1v) is 6.87. The Morgan fingerprint density at radius 2 is 2.05 bits per heavy atom. The number of hydrogen-bond donors (Lipinski definition) is 1. The fourth-order valence-electron chi connectivity index (χ4n) is 2.40. The second-order valence-corrected chi connectivity index (χ2v) is 5.09. The van der Waals surface area contributed by atoms with Gasteiger partial charge in [0.1, 0.15) is 0 Å². The molecule has 4 nitrogen and oxygen atoms in total. The SMILES string of the molecule is CCC1CN(C(=O)c2ccc(CN)cc2)CC(C)O1. The van der Waals surface area contributed by atoms with Crippen LogP contribution in [0, 0.1) is 0 Å². The van der Waals surface area contributed by atoms with Gasteiger partial charge in [-0.1, -0.05) is 19.1 Å². The summed E-state index contributed by atoms with van der Waals surface area (Å²) in [6, 6.07) is 7.53. The van der Waals surface area contributed by atoms with Crippen molar-refractivity contribution in [2.45, 2.75) is 39.0 Å². The van der Waals surface area contributed by atoms with Crippen LogP contribution < -0.4 is 5.73 Å². The van der Waals surface area contributed by atoms with Gasteiger partial charge in [0, 0.05) is 25.2 Å². The summed E-state index contributed by atoms with van der Waals surface area (Å²) in [6.07, 6.45) is 1.18. The number of ether oxygens (including phenoxy) is 1. The van der Waals surface area contributed by atoms with E-state index >= 15 is 0 Å². The van der Waals surface area contributed by atoms with Crippen molar-refractivity contribution in [1.82, 2.24) is 4.90 Å². The van der Waals surface area contributed by atoms with E-state index in [1.807, 2.05) is 36.1 Å². The van der Waals surface area contributed by atoms with Gasteiger partial charge in [-0.3, -0.25) is 4.79 Å². The maximum atomic E-state index is 12.4. The third-order valence-corrected chi connectivity index (χ3v) is 3.51. The van der Waals surface area contributed by atoms with Crippen molar-refractivity contribution >= 4 is 5.91 Å². The maximum Gasteiger partial charge on any atom is 0.254 e. The zero-order valence-corrected chi connectivity index (χ0v) is 11.6. The Morgan fingerprint density at radius 3 is 2.63 bits per heavy atom. The number of benzene rings is 1. The third-order valence-electron chi connectivity index (χ3n) is 3.51. The van der Waals surface area contributed by atoms with Crippen LogP contribution in [-0.4, -0.2) is 36.1 Å². The Hall–Kier alpha value is -1.39. The van der Waals surface area contributed by atoms with Crippen LogP contribution in [0.4, 0.5) is 0 Å². The monoisotopic (exact) mass is 262 g/mol. The van der Waals surface area contributed by atoms with Gasteiger partial charge in [-0.25, -0.2) is 0 Å². The summed E-state index contributed by atoms with van der Waals surface area (Å²) in [4.78, 5) is 14.3. The van der Waals surface area contributed by atoms with Gasteiger partial charge >= 0.3 is 0 Å². The van der Waals surface area contributed by atoms with Gasteiger partial charge in [-0.05, 0) is 31.0 Å². The largest absolute Gasteiger partial charge is 0.372 e. The van der Waals surface area contributed by atoms with Gasteiger partial charge < -0.3 is 15.4 Å². The molecule has 1 amide bonds. The molecule has 4 heteroatoms. The molecule has 1 heterocycles. The van der Waals surface area contributed by atoms with E-state index in [9.17, 15) is 4.79 Å². The average molecular weight is 262 g/mol. The molecular weight excluding hydrogens is 240 g/mol. The minimum atomic E-state index is 0.0807. The molecule has 1 aromatic rings. The highest BCUT2D eigenvalue weighted by molar-refractivity contribution is 5.94. The number of morpholine rings is 1. The first-order chi connectivity index (χ1) is 9.13. The predicted molar refractivity (Wildman–Crippen MR) is 74.9 cm³/mol. The van der Waals surface area contributed by atoms with Crippen molar-refractivity contribution in [2.75, 3.05) is 13.1 Å². The molecule has 104 valence electrons. The second-order valence-electron chi connectivity index (χ2n) is 5.09. The first-order valence-electron chi connectivity index (χ1n) is 6.87. The molecule has 2 atom stereocenters. The van der Waals surface area contributed by atoms with Crippen LogP contribution in [0.2, 0.25) is 0 Å². The van der Waals surface area contributed by atoms with E-state index in [0.29, 0.717) is 19.6 Å². The van der Waals surface area contributed by atoms with Gasteiger partial charge in [0.15, 0.2) is 0 Å². The fourth-order valence-corrected chi connectivity index (χ4v) is 2.40. The van der Waals surface area contributed by atoms with Gasteiger partial charge in [0.2, 0.25) is 0 Å². The van der Waals surface area contributed by atoms with Crippen molar-refractivity contribution in [3.63, 3.8) is 0 Å².